The summed E-state index contributed by atoms with van der Waals surface area (Å²) in [4.78, 5) is 4.31. The normalized spacial score (nSPS) is 12.3. The molecule has 0 saturated carbocycles. The Bertz CT molecular complexity index is 511. The summed E-state index contributed by atoms with van der Waals surface area (Å²) in [5, 5.41) is 4.66. The van der Waals surface area contributed by atoms with Crippen LogP contribution in [-0.4, -0.2) is 10.1 Å². The first kappa shape index (κ1) is 16.0. The van der Waals surface area contributed by atoms with E-state index in [9.17, 15) is 0 Å². The fourth-order valence-corrected chi connectivity index (χ4v) is 1.67. The van der Waals surface area contributed by atoms with Crippen LogP contribution >= 0.6 is 24.0 Å². The van der Waals surface area contributed by atoms with E-state index in [1.165, 1.54) is 0 Å². The van der Waals surface area contributed by atoms with Crippen molar-refractivity contribution in [2.24, 2.45) is 11.7 Å². The number of hydrogen-bond donors (Lipinski definition) is 1. The predicted molar refractivity (Wildman–Crippen MR) is 77.6 cm³/mol. The van der Waals surface area contributed by atoms with E-state index < -0.39 is 0 Å². The van der Waals surface area contributed by atoms with Crippen molar-refractivity contribution in [3.05, 3.63) is 46.6 Å². The van der Waals surface area contributed by atoms with Gasteiger partial charge in [0, 0.05) is 11.4 Å². The summed E-state index contributed by atoms with van der Waals surface area (Å²) in [6.07, 6.45) is 0.617. The lowest BCUT2D eigenvalue weighted by Gasteiger charge is -2.09. The van der Waals surface area contributed by atoms with Gasteiger partial charge in [0.05, 0.1) is 6.04 Å². The molecule has 0 saturated heterocycles. The van der Waals surface area contributed by atoms with Gasteiger partial charge < -0.3 is 10.3 Å². The molecule has 0 amide bonds. The molecule has 2 N–H and O–H groups in total. The number of halogens is 2. The molecule has 2 rings (SSSR count). The van der Waals surface area contributed by atoms with Gasteiger partial charge in [0.2, 0.25) is 5.89 Å². The third-order valence-electron chi connectivity index (χ3n) is 2.76. The summed E-state index contributed by atoms with van der Waals surface area (Å²) < 4.78 is 5.17. The van der Waals surface area contributed by atoms with Gasteiger partial charge >= 0.3 is 0 Å². The van der Waals surface area contributed by atoms with Crippen LogP contribution < -0.4 is 5.73 Å². The second-order valence-electron chi connectivity index (χ2n) is 4.62. The van der Waals surface area contributed by atoms with Crippen molar-refractivity contribution < 1.29 is 4.52 Å². The molecular weight excluding hydrogens is 285 g/mol. The van der Waals surface area contributed by atoms with Crippen LogP contribution in [0.5, 0.6) is 0 Å². The molecule has 0 radical (unpaired) electrons. The van der Waals surface area contributed by atoms with Crippen LogP contribution in [0.15, 0.2) is 28.8 Å². The highest BCUT2D eigenvalue weighted by molar-refractivity contribution is 6.30. The molecule has 1 aromatic carbocycles. The van der Waals surface area contributed by atoms with Crippen LogP contribution in [0.3, 0.4) is 0 Å². The van der Waals surface area contributed by atoms with E-state index in [4.69, 9.17) is 21.9 Å². The fourth-order valence-electron chi connectivity index (χ4n) is 1.54. The number of benzene rings is 1. The summed E-state index contributed by atoms with van der Waals surface area (Å²) >= 11 is 5.83. The van der Waals surface area contributed by atoms with Gasteiger partial charge in [-0.25, -0.2) is 0 Å². The zero-order valence-corrected chi connectivity index (χ0v) is 12.4. The van der Waals surface area contributed by atoms with Gasteiger partial charge in [-0.1, -0.05) is 42.7 Å². The summed E-state index contributed by atoms with van der Waals surface area (Å²) in [5.41, 5.74) is 7.04. The van der Waals surface area contributed by atoms with E-state index in [0.717, 1.165) is 10.6 Å². The number of rotatable bonds is 4. The van der Waals surface area contributed by atoms with Crippen LogP contribution in [0.1, 0.15) is 37.2 Å². The molecule has 0 spiro atoms. The fraction of sp³-hybridized carbons (Fsp3) is 0.385. The Balaban J connectivity index is 0.00000180. The molecule has 0 bridgehead atoms. The first-order valence-corrected chi connectivity index (χ1v) is 6.26. The van der Waals surface area contributed by atoms with Gasteiger partial charge in [-0.3, -0.25) is 0 Å². The van der Waals surface area contributed by atoms with E-state index in [0.29, 0.717) is 18.1 Å². The van der Waals surface area contributed by atoms with Crippen LogP contribution in [0, 0.1) is 5.92 Å². The predicted octanol–water partition coefficient (Wildman–Crippen LogP) is 3.39. The molecular formula is C13H17Cl2N3O. The number of nitrogens with two attached hydrogens (primary N) is 1. The minimum atomic E-state index is -0.212. The van der Waals surface area contributed by atoms with E-state index in [1.54, 1.807) is 0 Å². The van der Waals surface area contributed by atoms with Gasteiger partial charge in [0.15, 0.2) is 5.82 Å². The van der Waals surface area contributed by atoms with Gasteiger partial charge in [-0.15, -0.1) is 12.4 Å². The molecule has 1 unspecified atom stereocenters. The number of aromatic nitrogens is 2. The quantitative estimate of drug-likeness (QED) is 0.940. The molecule has 104 valence electrons. The minimum absolute atomic E-state index is 0. The molecule has 0 aliphatic heterocycles. The van der Waals surface area contributed by atoms with Crippen LogP contribution in [0.25, 0.3) is 0 Å². The second kappa shape index (κ2) is 6.89. The highest BCUT2D eigenvalue weighted by atomic mass is 35.5. The first-order chi connectivity index (χ1) is 8.56. The maximum absolute atomic E-state index is 5.95. The Kier molecular flexibility index (Phi) is 5.79. The lowest BCUT2D eigenvalue weighted by Crippen LogP contribution is -2.17. The summed E-state index contributed by atoms with van der Waals surface area (Å²) in [6, 6.07) is 7.37. The molecule has 1 atom stereocenters. The number of hydrogen-bond acceptors (Lipinski definition) is 4. The Labute approximate surface area is 123 Å². The molecule has 0 aliphatic carbocycles. The molecule has 1 aromatic heterocycles. The third-order valence-corrected chi connectivity index (χ3v) is 3.01. The molecule has 4 nitrogen and oxygen atoms in total. The lowest BCUT2D eigenvalue weighted by molar-refractivity contribution is 0.322. The van der Waals surface area contributed by atoms with Crippen molar-refractivity contribution in [3.8, 4) is 0 Å². The van der Waals surface area contributed by atoms with Crippen molar-refractivity contribution in [1.29, 1.82) is 0 Å². The average Bonchev–Trinajstić information content (AvgIpc) is 2.79. The van der Waals surface area contributed by atoms with Gasteiger partial charge in [-0.05, 0) is 23.6 Å². The summed E-state index contributed by atoms with van der Waals surface area (Å²) in [6.45, 7) is 4.04. The maximum Gasteiger partial charge on any atom is 0.243 e. The summed E-state index contributed by atoms with van der Waals surface area (Å²) in [7, 11) is 0. The van der Waals surface area contributed by atoms with Gasteiger partial charge in [0.25, 0.3) is 0 Å². The maximum atomic E-state index is 5.95. The monoisotopic (exact) mass is 301 g/mol. The Morgan fingerprint density at radius 2 is 1.89 bits per heavy atom. The van der Waals surface area contributed by atoms with E-state index in [-0.39, 0.29) is 24.4 Å². The van der Waals surface area contributed by atoms with E-state index >= 15 is 0 Å². The van der Waals surface area contributed by atoms with E-state index in [1.807, 2.05) is 38.1 Å². The highest BCUT2D eigenvalue weighted by Gasteiger charge is 2.17. The topological polar surface area (TPSA) is 64.9 Å². The summed E-state index contributed by atoms with van der Waals surface area (Å²) in [5.74, 6) is 1.41. The minimum Gasteiger partial charge on any atom is -0.338 e. The van der Waals surface area contributed by atoms with Gasteiger partial charge in [-0.2, -0.15) is 4.98 Å². The van der Waals surface area contributed by atoms with Crippen molar-refractivity contribution in [1.82, 2.24) is 10.1 Å². The van der Waals surface area contributed by atoms with Crippen molar-refractivity contribution in [2.75, 3.05) is 0 Å². The molecule has 19 heavy (non-hydrogen) atoms. The largest absolute Gasteiger partial charge is 0.338 e. The molecule has 0 fully saturated rings. The van der Waals surface area contributed by atoms with Crippen molar-refractivity contribution in [2.45, 2.75) is 26.3 Å². The zero-order chi connectivity index (χ0) is 13.1. The SMILES string of the molecule is CC(C)C(N)c1nc(Cc2ccc(Cl)cc2)no1.Cl. The highest BCUT2D eigenvalue weighted by Crippen LogP contribution is 2.18. The Hall–Kier alpha value is -1.10. The Morgan fingerprint density at radius 1 is 1.26 bits per heavy atom. The van der Waals surface area contributed by atoms with Crippen molar-refractivity contribution in [3.63, 3.8) is 0 Å². The Morgan fingerprint density at radius 3 is 2.47 bits per heavy atom. The van der Waals surface area contributed by atoms with E-state index in [2.05, 4.69) is 10.1 Å². The smallest absolute Gasteiger partial charge is 0.243 e. The first-order valence-electron chi connectivity index (χ1n) is 5.89. The second-order valence-corrected chi connectivity index (χ2v) is 5.06. The third kappa shape index (κ3) is 4.20. The van der Waals surface area contributed by atoms with Crippen LogP contribution in [-0.2, 0) is 6.42 Å². The van der Waals surface area contributed by atoms with Crippen molar-refractivity contribution >= 4 is 24.0 Å². The number of nitrogens with zero attached hydrogens (tertiary/aromatic N) is 2. The lowest BCUT2D eigenvalue weighted by atomic mass is 10.1. The molecule has 0 aliphatic rings. The standard InChI is InChI=1S/C13H16ClN3O.ClH/c1-8(2)12(15)13-16-11(17-18-13)7-9-3-5-10(14)6-4-9;/h3-6,8,12H,7,15H2,1-2H3;1H. The van der Waals surface area contributed by atoms with Crippen LogP contribution in [0.4, 0.5) is 0 Å². The zero-order valence-electron chi connectivity index (χ0n) is 10.8. The average molecular weight is 302 g/mol. The molecule has 2 aromatic rings. The molecule has 1 heterocycles. The van der Waals surface area contributed by atoms with Gasteiger partial charge in [0.1, 0.15) is 0 Å². The van der Waals surface area contributed by atoms with Crippen LogP contribution in [0.2, 0.25) is 5.02 Å². The molecule has 6 heteroatoms.